The lowest BCUT2D eigenvalue weighted by molar-refractivity contribution is 0.0921. The van der Waals surface area contributed by atoms with Crippen LogP contribution in [0.3, 0.4) is 0 Å². The maximum absolute atomic E-state index is 12.6. The monoisotopic (exact) mass is 408 g/mol. The number of rotatable bonds is 5. The van der Waals surface area contributed by atoms with Gasteiger partial charge in [-0.05, 0) is 42.7 Å². The molecule has 5 N–H and O–H groups in total. The molecule has 7 nitrogen and oxygen atoms in total. The Morgan fingerprint density at radius 2 is 1.90 bits per heavy atom. The van der Waals surface area contributed by atoms with Crippen LogP contribution in [0.2, 0.25) is 0 Å². The molecule has 1 saturated carbocycles. The van der Waals surface area contributed by atoms with Gasteiger partial charge in [0.25, 0.3) is 5.91 Å². The number of nitrogens with two attached hydrogens (primary N) is 2. The first-order chi connectivity index (χ1) is 14.6. The third-order valence-corrected chi connectivity index (χ3v) is 6.28. The Morgan fingerprint density at radius 3 is 2.60 bits per heavy atom. The van der Waals surface area contributed by atoms with E-state index in [9.17, 15) is 4.79 Å². The summed E-state index contributed by atoms with van der Waals surface area (Å²) in [5.74, 6) is 0.948. The van der Waals surface area contributed by atoms with Gasteiger partial charge in [0.05, 0.1) is 0 Å². The van der Waals surface area contributed by atoms with Crippen LogP contribution in [0.1, 0.15) is 41.6 Å². The molecule has 2 aromatic rings. The molecule has 1 amide bonds. The molecule has 2 heterocycles. The van der Waals surface area contributed by atoms with Crippen LogP contribution in [0.4, 0.5) is 11.5 Å². The highest BCUT2D eigenvalue weighted by Crippen LogP contribution is 2.21. The number of nitrogens with one attached hydrogen (secondary N) is 1. The molecule has 0 bridgehead atoms. The molecule has 7 heteroatoms. The summed E-state index contributed by atoms with van der Waals surface area (Å²) in [6.07, 6.45) is 6.02. The van der Waals surface area contributed by atoms with Crippen LogP contribution in [-0.4, -0.2) is 54.1 Å². The second-order valence-corrected chi connectivity index (χ2v) is 8.39. The largest absolute Gasteiger partial charge is 0.398 e. The lowest BCUT2D eigenvalue weighted by Gasteiger charge is -2.35. The van der Waals surface area contributed by atoms with E-state index in [1.54, 1.807) is 6.07 Å². The lowest BCUT2D eigenvalue weighted by atomic mass is 9.91. The summed E-state index contributed by atoms with van der Waals surface area (Å²) in [4.78, 5) is 21.8. The molecule has 1 aliphatic heterocycles. The zero-order chi connectivity index (χ0) is 20.9. The molecule has 2 atom stereocenters. The zero-order valence-corrected chi connectivity index (χ0v) is 17.5. The molecular formula is C23H32N6O. The van der Waals surface area contributed by atoms with Crippen molar-refractivity contribution in [3.8, 4) is 0 Å². The first-order valence-corrected chi connectivity index (χ1v) is 10.9. The lowest BCUT2D eigenvalue weighted by Crippen LogP contribution is -2.49. The minimum absolute atomic E-state index is 0.0454. The van der Waals surface area contributed by atoms with Crippen molar-refractivity contribution in [1.29, 1.82) is 0 Å². The van der Waals surface area contributed by atoms with Gasteiger partial charge in [-0.3, -0.25) is 9.69 Å². The molecule has 0 spiro atoms. The number of nitrogens with zero attached hydrogens (tertiary/aromatic N) is 3. The van der Waals surface area contributed by atoms with Crippen LogP contribution in [0, 0.1) is 0 Å². The smallest absolute Gasteiger partial charge is 0.251 e. The molecule has 0 radical (unpaired) electrons. The van der Waals surface area contributed by atoms with Crippen LogP contribution in [0.15, 0.2) is 42.6 Å². The number of anilines is 2. The number of carbonyl (C=O) groups is 1. The average molecular weight is 409 g/mol. The number of pyridine rings is 1. The average Bonchev–Trinajstić information content (AvgIpc) is 2.78. The van der Waals surface area contributed by atoms with Crippen molar-refractivity contribution >= 4 is 17.4 Å². The Bertz CT molecular complexity index is 850. The first kappa shape index (κ1) is 20.6. The van der Waals surface area contributed by atoms with E-state index in [1.165, 1.54) is 0 Å². The summed E-state index contributed by atoms with van der Waals surface area (Å²) in [6.45, 7) is 4.59. The number of hydrogen-bond donors (Lipinski definition) is 3. The summed E-state index contributed by atoms with van der Waals surface area (Å²) in [7, 11) is 0. The van der Waals surface area contributed by atoms with E-state index in [0.717, 1.165) is 69.8 Å². The maximum Gasteiger partial charge on any atom is 0.251 e. The van der Waals surface area contributed by atoms with Crippen LogP contribution in [0.5, 0.6) is 0 Å². The van der Waals surface area contributed by atoms with Crippen molar-refractivity contribution in [1.82, 2.24) is 15.2 Å². The fourth-order valence-electron chi connectivity index (χ4n) is 4.39. The first-order valence-electron chi connectivity index (χ1n) is 10.9. The molecule has 2 fully saturated rings. The highest BCUT2D eigenvalue weighted by molar-refractivity contribution is 5.95. The van der Waals surface area contributed by atoms with Crippen molar-refractivity contribution in [3.05, 3.63) is 53.7 Å². The van der Waals surface area contributed by atoms with E-state index in [0.29, 0.717) is 11.3 Å². The summed E-state index contributed by atoms with van der Waals surface area (Å²) in [5.41, 5.74) is 14.8. The van der Waals surface area contributed by atoms with Gasteiger partial charge in [0, 0.05) is 62.3 Å². The number of carbonyl (C=O) groups excluding carboxylic acids is 1. The molecule has 1 saturated heterocycles. The molecule has 1 aromatic heterocycles. The van der Waals surface area contributed by atoms with Gasteiger partial charge < -0.3 is 21.7 Å². The van der Waals surface area contributed by atoms with E-state index in [2.05, 4.69) is 26.2 Å². The van der Waals surface area contributed by atoms with Crippen molar-refractivity contribution in [2.75, 3.05) is 36.8 Å². The van der Waals surface area contributed by atoms with Gasteiger partial charge in [0.1, 0.15) is 5.82 Å². The van der Waals surface area contributed by atoms with E-state index in [4.69, 9.17) is 11.5 Å². The van der Waals surface area contributed by atoms with Crippen LogP contribution >= 0.6 is 0 Å². The van der Waals surface area contributed by atoms with Crippen molar-refractivity contribution in [2.24, 2.45) is 5.73 Å². The van der Waals surface area contributed by atoms with Crippen molar-refractivity contribution in [3.63, 3.8) is 0 Å². The molecule has 2 unspecified atom stereocenters. The Morgan fingerprint density at radius 1 is 1.10 bits per heavy atom. The fraction of sp³-hybridized carbons (Fsp3) is 0.478. The van der Waals surface area contributed by atoms with E-state index < -0.39 is 0 Å². The highest BCUT2D eigenvalue weighted by Gasteiger charge is 2.24. The second kappa shape index (κ2) is 9.45. The molecule has 4 rings (SSSR count). The standard InChI is InChI=1S/C23H32N6O/c24-19-5-1-2-6-21(19)27-23(30)17-8-9-18(20(25)15-17)16-28-11-13-29(14-12-28)22-7-3-4-10-26-22/h3-4,7-10,15,19,21H,1-2,5-6,11-14,16,24-25H2,(H,27,30). The van der Waals surface area contributed by atoms with Gasteiger partial charge in [-0.25, -0.2) is 4.98 Å². The molecule has 160 valence electrons. The van der Waals surface area contributed by atoms with Gasteiger partial charge in [-0.1, -0.05) is 25.0 Å². The Balaban J connectivity index is 1.32. The van der Waals surface area contributed by atoms with Crippen LogP contribution < -0.4 is 21.7 Å². The molecule has 2 aliphatic rings. The Kier molecular flexibility index (Phi) is 6.50. The van der Waals surface area contributed by atoms with Gasteiger partial charge in [-0.2, -0.15) is 0 Å². The summed E-state index contributed by atoms with van der Waals surface area (Å²) in [5, 5.41) is 3.09. The van der Waals surface area contributed by atoms with Crippen molar-refractivity contribution in [2.45, 2.75) is 44.3 Å². The molecule has 1 aromatic carbocycles. The normalized spacial score (nSPS) is 22.6. The topological polar surface area (TPSA) is 101 Å². The van der Waals surface area contributed by atoms with E-state index in [-0.39, 0.29) is 18.0 Å². The van der Waals surface area contributed by atoms with Gasteiger partial charge in [0.15, 0.2) is 0 Å². The minimum atomic E-state index is -0.0837. The summed E-state index contributed by atoms with van der Waals surface area (Å²) in [6, 6.07) is 11.8. The van der Waals surface area contributed by atoms with Gasteiger partial charge in [-0.15, -0.1) is 0 Å². The third kappa shape index (κ3) is 4.91. The third-order valence-electron chi connectivity index (χ3n) is 6.28. The number of hydrogen-bond acceptors (Lipinski definition) is 6. The fourth-order valence-corrected chi connectivity index (χ4v) is 4.39. The predicted molar refractivity (Wildman–Crippen MR) is 120 cm³/mol. The SMILES string of the molecule is Nc1cc(C(=O)NC2CCCCC2N)ccc1CN1CCN(c2ccccn2)CC1. The summed E-state index contributed by atoms with van der Waals surface area (Å²) < 4.78 is 0. The van der Waals surface area contributed by atoms with Crippen LogP contribution in [-0.2, 0) is 6.54 Å². The molecular weight excluding hydrogens is 376 g/mol. The number of aromatic nitrogens is 1. The molecule has 1 aliphatic carbocycles. The number of nitrogen functional groups attached to an aromatic ring is 1. The van der Waals surface area contributed by atoms with E-state index >= 15 is 0 Å². The van der Waals surface area contributed by atoms with Gasteiger partial charge >= 0.3 is 0 Å². The zero-order valence-electron chi connectivity index (χ0n) is 17.5. The Labute approximate surface area is 178 Å². The number of benzene rings is 1. The Hall–Kier alpha value is -2.64. The second-order valence-electron chi connectivity index (χ2n) is 8.39. The van der Waals surface area contributed by atoms with E-state index in [1.807, 2.05) is 30.5 Å². The van der Waals surface area contributed by atoms with Crippen LogP contribution in [0.25, 0.3) is 0 Å². The van der Waals surface area contributed by atoms with Gasteiger partial charge in [0.2, 0.25) is 0 Å². The summed E-state index contributed by atoms with van der Waals surface area (Å²) >= 11 is 0. The molecule has 30 heavy (non-hydrogen) atoms. The number of amides is 1. The number of piperazine rings is 1. The maximum atomic E-state index is 12.6. The van der Waals surface area contributed by atoms with Crippen molar-refractivity contribution < 1.29 is 4.79 Å². The minimum Gasteiger partial charge on any atom is -0.398 e. The predicted octanol–water partition coefficient (Wildman–Crippen LogP) is 1.99. The quantitative estimate of drug-likeness (QED) is 0.654. The highest BCUT2D eigenvalue weighted by atomic mass is 16.1.